The van der Waals surface area contributed by atoms with Crippen molar-refractivity contribution in [2.75, 3.05) is 29.9 Å². The van der Waals surface area contributed by atoms with Crippen molar-refractivity contribution in [1.82, 2.24) is 4.90 Å². The van der Waals surface area contributed by atoms with Gasteiger partial charge in [0.2, 0.25) is 11.8 Å². The van der Waals surface area contributed by atoms with Crippen LogP contribution in [0.4, 0.5) is 11.4 Å². The van der Waals surface area contributed by atoms with Gasteiger partial charge in [0, 0.05) is 16.3 Å². The highest BCUT2D eigenvalue weighted by Gasteiger charge is 2.34. The quantitative estimate of drug-likeness (QED) is 0.717. The minimum Gasteiger partial charge on any atom is -0.323 e. The zero-order valence-corrected chi connectivity index (χ0v) is 16.8. The fraction of sp³-hybridized carbons (Fsp3) is 0.238. The summed E-state index contributed by atoms with van der Waals surface area (Å²) < 4.78 is 0. The summed E-state index contributed by atoms with van der Waals surface area (Å²) in [6.45, 7) is 1.19. The molecule has 7 heteroatoms. The van der Waals surface area contributed by atoms with E-state index < -0.39 is 0 Å². The fourth-order valence-corrected chi connectivity index (χ4v) is 5.81. The summed E-state index contributed by atoms with van der Waals surface area (Å²) in [5.41, 5.74) is 2.77. The van der Waals surface area contributed by atoms with Crippen molar-refractivity contribution in [3.8, 4) is 0 Å². The molecule has 4 heterocycles. The van der Waals surface area contributed by atoms with Gasteiger partial charge in [-0.3, -0.25) is 19.4 Å². The number of rotatable bonds is 3. The van der Waals surface area contributed by atoms with Crippen LogP contribution in [0.2, 0.25) is 0 Å². The van der Waals surface area contributed by atoms with E-state index in [1.54, 1.807) is 27.6 Å². The zero-order chi connectivity index (χ0) is 19.1. The van der Waals surface area contributed by atoms with Crippen LogP contribution in [0.3, 0.4) is 0 Å². The first-order valence-electron chi connectivity index (χ1n) is 9.23. The second kappa shape index (κ2) is 7.16. The highest BCUT2D eigenvalue weighted by Crippen LogP contribution is 2.39. The van der Waals surface area contributed by atoms with Crippen molar-refractivity contribution in [2.24, 2.45) is 0 Å². The van der Waals surface area contributed by atoms with Crippen molar-refractivity contribution < 1.29 is 9.59 Å². The average molecular weight is 410 g/mol. The maximum absolute atomic E-state index is 13.3. The number of amides is 2. The highest BCUT2D eigenvalue weighted by molar-refractivity contribution is 7.10. The molecule has 2 amide bonds. The van der Waals surface area contributed by atoms with E-state index in [9.17, 15) is 9.59 Å². The van der Waals surface area contributed by atoms with Gasteiger partial charge in [-0.15, -0.1) is 22.7 Å². The van der Waals surface area contributed by atoms with Gasteiger partial charge in [-0.2, -0.15) is 0 Å². The number of hydrogen-bond donors (Lipinski definition) is 1. The van der Waals surface area contributed by atoms with E-state index >= 15 is 0 Å². The van der Waals surface area contributed by atoms with Crippen LogP contribution in [-0.2, 0) is 16.0 Å². The van der Waals surface area contributed by atoms with E-state index in [0.29, 0.717) is 12.2 Å². The standard InChI is InChI=1S/C21H19N3O2S2/c25-19-12-24(16-5-2-1-4-15(16)22-19)20(26)13-23-9-7-17-14(8-11-28-17)21(23)18-6-3-10-27-18/h1-6,8,10-11,21H,7,9,12-13H2,(H,22,25). The van der Waals surface area contributed by atoms with Crippen LogP contribution in [0.15, 0.2) is 53.2 Å². The van der Waals surface area contributed by atoms with Gasteiger partial charge >= 0.3 is 0 Å². The molecule has 3 aromatic rings. The van der Waals surface area contributed by atoms with E-state index in [1.165, 1.54) is 15.3 Å². The van der Waals surface area contributed by atoms with Crippen molar-refractivity contribution in [3.05, 3.63) is 68.5 Å². The number of carbonyl (C=O) groups excluding carboxylic acids is 2. The molecule has 1 unspecified atom stereocenters. The Hall–Kier alpha value is -2.48. The van der Waals surface area contributed by atoms with Crippen LogP contribution < -0.4 is 10.2 Å². The van der Waals surface area contributed by atoms with E-state index in [-0.39, 0.29) is 24.4 Å². The summed E-state index contributed by atoms with van der Waals surface area (Å²) in [6, 6.07) is 14.0. The molecule has 2 aliphatic heterocycles. The van der Waals surface area contributed by atoms with Gasteiger partial charge in [0.05, 0.1) is 24.0 Å². The molecule has 142 valence electrons. The molecule has 0 bridgehead atoms. The van der Waals surface area contributed by atoms with Gasteiger partial charge in [0.15, 0.2) is 0 Å². The minimum atomic E-state index is -0.152. The molecule has 0 radical (unpaired) electrons. The van der Waals surface area contributed by atoms with Crippen LogP contribution in [-0.4, -0.2) is 36.3 Å². The van der Waals surface area contributed by atoms with Crippen molar-refractivity contribution in [1.29, 1.82) is 0 Å². The van der Waals surface area contributed by atoms with Crippen LogP contribution >= 0.6 is 22.7 Å². The third-order valence-electron chi connectivity index (χ3n) is 5.29. The molecule has 0 aliphatic carbocycles. The monoisotopic (exact) mass is 409 g/mol. The third kappa shape index (κ3) is 3.05. The number of carbonyl (C=O) groups is 2. The second-order valence-corrected chi connectivity index (χ2v) is 8.96. The molecular weight excluding hydrogens is 390 g/mol. The number of fused-ring (bicyclic) bond motifs is 2. The molecule has 0 fully saturated rings. The fourth-order valence-electron chi connectivity index (χ4n) is 4.03. The predicted octanol–water partition coefficient (Wildman–Crippen LogP) is 3.74. The molecule has 1 N–H and O–H groups in total. The third-order valence-corrected chi connectivity index (χ3v) is 7.21. The van der Waals surface area contributed by atoms with Gasteiger partial charge < -0.3 is 5.32 Å². The molecular formula is C21H19N3O2S2. The van der Waals surface area contributed by atoms with Crippen LogP contribution in [0.1, 0.15) is 21.4 Å². The van der Waals surface area contributed by atoms with E-state index in [0.717, 1.165) is 18.7 Å². The van der Waals surface area contributed by atoms with Crippen molar-refractivity contribution in [3.63, 3.8) is 0 Å². The van der Waals surface area contributed by atoms with Crippen LogP contribution in [0.25, 0.3) is 0 Å². The number of hydrogen-bond acceptors (Lipinski definition) is 5. The van der Waals surface area contributed by atoms with Crippen LogP contribution in [0.5, 0.6) is 0 Å². The average Bonchev–Trinajstić information content (AvgIpc) is 3.39. The predicted molar refractivity (Wildman–Crippen MR) is 113 cm³/mol. The maximum atomic E-state index is 13.3. The van der Waals surface area contributed by atoms with Gasteiger partial charge in [-0.05, 0) is 47.0 Å². The molecule has 2 aliphatic rings. The molecule has 0 saturated carbocycles. The minimum absolute atomic E-state index is 0.0393. The normalized spacial score (nSPS) is 19.1. The van der Waals surface area contributed by atoms with Crippen molar-refractivity contribution >= 4 is 45.9 Å². The van der Waals surface area contributed by atoms with E-state index in [4.69, 9.17) is 0 Å². The largest absolute Gasteiger partial charge is 0.323 e. The summed E-state index contributed by atoms with van der Waals surface area (Å²) in [5.74, 6) is -0.192. The lowest BCUT2D eigenvalue weighted by Gasteiger charge is -2.37. The summed E-state index contributed by atoms with van der Waals surface area (Å²) in [7, 11) is 0. The van der Waals surface area contributed by atoms with E-state index in [2.05, 4.69) is 39.2 Å². The molecule has 1 atom stereocenters. The van der Waals surface area contributed by atoms with E-state index in [1.807, 2.05) is 24.3 Å². The Balaban J connectivity index is 1.44. The van der Waals surface area contributed by atoms with Crippen molar-refractivity contribution in [2.45, 2.75) is 12.5 Å². The first-order chi connectivity index (χ1) is 13.7. The summed E-state index contributed by atoms with van der Waals surface area (Å²) in [5, 5.41) is 7.07. The molecule has 1 aromatic carbocycles. The number of thiophene rings is 2. The number of para-hydroxylation sites is 2. The lowest BCUT2D eigenvalue weighted by Crippen LogP contribution is -2.48. The SMILES string of the molecule is O=C1CN(C(=O)CN2CCc3sccc3C2c2cccs2)c2ccccc2N1. The highest BCUT2D eigenvalue weighted by atomic mass is 32.1. The van der Waals surface area contributed by atoms with Gasteiger partial charge in [0.1, 0.15) is 6.54 Å². The summed E-state index contributed by atoms with van der Waals surface area (Å²) >= 11 is 3.52. The maximum Gasteiger partial charge on any atom is 0.244 e. The Morgan fingerprint density at radius 3 is 2.86 bits per heavy atom. The molecule has 2 aromatic heterocycles. The molecule has 5 rings (SSSR count). The first-order valence-corrected chi connectivity index (χ1v) is 11.0. The topological polar surface area (TPSA) is 52.7 Å². The Morgan fingerprint density at radius 2 is 2.00 bits per heavy atom. The lowest BCUT2D eigenvalue weighted by molar-refractivity contribution is -0.123. The Labute approximate surface area is 171 Å². The second-order valence-electron chi connectivity index (χ2n) is 6.98. The number of benzene rings is 1. The zero-order valence-electron chi connectivity index (χ0n) is 15.1. The van der Waals surface area contributed by atoms with Crippen LogP contribution in [0, 0.1) is 0 Å². The number of nitrogens with zero attached hydrogens (tertiary/aromatic N) is 2. The molecule has 28 heavy (non-hydrogen) atoms. The lowest BCUT2D eigenvalue weighted by atomic mass is 9.98. The summed E-state index contributed by atoms with van der Waals surface area (Å²) in [6.07, 6.45) is 0.958. The Morgan fingerprint density at radius 1 is 1.11 bits per heavy atom. The molecule has 0 spiro atoms. The molecule has 0 saturated heterocycles. The molecule has 5 nitrogen and oxygen atoms in total. The Bertz CT molecular complexity index is 1030. The van der Waals surface area contributed by atoms with Gasteiger partial charge in [0.25, 0.3) is 0 Å². The van der Waals surface area contributed by atoms with Gasteiger partial charge in [-0.1, -0.05) is 18.2 Å². The number of anilines is 2. The van der Waals surface area contributed by atoms with Gasteiger partial charge in [-0.25, -0.2) is 0 Å². The Kier molecular flexibility index (Phi) is 4.50. The number of nitrogens with one attached hydrogen (secondary N) is 1. The summed E-state index contributed by atoms with van der Waals surface area (Å²) in [4.78, 5) is 31.9. The smallest absolute Gasteiger partial charge is 0.244 e. The first kappa shape index (κ1) is 17.6.